The fraction of sp³-hybridized carbons (Fsp3) is 0.364. The monoisotopic (exact) mass is 396 g/mol. The summed E-state index contributed by atoms with van der Waals surface area (Å²) in [7, 11) is 3.20. The van der Waals surface area contributed by atoms with Gasteiger partial charge in [0.1, 0.15) is 5.52 Å². The number of nitrogens with zero attached hydrogens (tertiary/aromatic N) is 2. The topological polar surface area (TPSA) is 85.0 Å². The lowest BCUT2D eigenvalue weighted by molar-refractivity contribution is 0.0677. The summed E-state index contributed by atoms with van der Waals surface area (Å²) in [5, 5.41) is 9.48. The van der Waals surface area contributed by atoms with E-state index in [1.807, 2.05) is 18.2 Å². The van der Waals surface area contributed by atoms with E-state index in [9.17, 15) is 9.90 Å². The number of methoxy groups -OCH3 is 2. The molecule has 1 aliphatic rings. The minimum atomic E-state index is -0.103. The maximum absolute atomic E-state index is 12.8. The van der Waals surface area contributed by atoms with Crippen molar-refractivity contribution >= 4 is 17.0 Å². The standard InChI is InChI=1S/C22H24N2O5/c1-27-18-8-5-14(10-20(18)28-2)11-21-23-17-7-6-15(12-19(17)29-21)22(26)24-9-3-4-16(24)13-25/h5-8,10,12,16,25H,3-4,9,11,13H2,1-2H3/t16-/m0/s1. The van der Waals surface area contributed by atoms with Crippen LogP contribution >= 0.6 is 0 Å². The normalized spacial score (nSPS) is 16.4. The number of carbonyl (C=O) groups excluding carboxylic acids is 1. The number of benzene rings is 2. The van der Waals surface area contributed by atoms with Crippen LogP contribution in [0.15, 0.2) is 40.8 Å². The van der Waals surface area contributed by atoms with Crippen molar-refractivity contribution in [2.75, 3.05) is 27.4 Å². The molecule has 1 aromatic heterocycles. The number of fused-ring (bicyclic) bond motifs is 1. The first-order valence-electron chi connectivity index (χ1n) is 9.65. The molecule has 1 amide bonds. The SMILES string of the molecule is COc1ccc(Cc2nc3ccc(C(=O)N4CCC[C@H]4CO)cc3o2)cc1OC. The Morgan fingerprint density at radius 2 is 2.03 bits per heavy atom. The second kappa shape index (κ2) is 8.13. The van der Waals surface area contributed by atoms with Gasteiger partial charge in [-0.25, -0.2) is 4.98 Å². The maximum atomic E-state index is 12.8. The molecule has 0 aliphatic carbocycles. The number of aromatic nitrogens is 1. The predicted molar refractivity (Wildman–Crippen MR) is 108 cm³/mol. The zero-order chi connectivity index (χ0) is 20.4. The molecule has 0 unspecified atom stereocenters. The van der Waals surface area contributed by atoms with Crippen LogP contribution in [0.1, 0.15) is 34.7 Å². The Hall–Kier alpha value is -3.06. The van der Waals surface area contributed by atoms with E-state index in [0.717, 1.165) is 18.4 Å². The highest BCUT2D eigenvalue weighted by Gasteiger charge is 2.29. The molecule has 152 valence electrons. The molecule has 4 rings (SSSR count). The molecule has 0 saturated carbocycles. The summed E-state index contributed by atoms with van der Waals surface area (Å²) in [5.74, 6) is 1.80. The molecule has 1 aliphatic heterocycles. The van der Waals surface area contributed by atoms with Crippen molar-refractivity contribution in [1.29, 1.82) is 0 Å². The van der Waals surface area contributed by atoms with Gasteiger partial charge in [0.15, 0.2) is 23.0 Å². The molecular formula is C22H24N2O5. The Bertz CT molecular complexity index is 1030. The van der Waals surface area contributed by atoms with Crippen molar-refractivity contribution in [3.8, 4) is 11.5 Å². The Morgan fingerprint density at radius 3 is 2.79 bits per heavy atom. The molecule has 1 N–H and O–H groups in total. The van der Waals surface area contributed by atoms with Gasteiger partial charge in [-0.2, -0.15) is 0 Å². The fourth-order valence-electron chi connectivity index (χ4n) is 3.80. The van der Waals surface area contributed by atoms with Crippen LogP contribution in [-0.2, 0) is 6.42 Å². The number of aliphatic hydroxyl groups excluding tert-OH is 1. The molecule has 2 heterocycles. The molecule has 7 nitrogen and oxygen atoms in total. The average molecular weight is 396 g/mol. The molecule has 0 spiro atoms. The molecule has 7 heteroatoms. The first kappa shape index (κ1) is 19.3. The van der Waals surface area contributed by atoms with Gasteiger partial charge in [0.25, 0.3) is 5.91 Å². The number of amides is 1. The Balaban J connectivity index is 1.56. The lowest BCUT2D eigenvalue weighted by Crippen LogP contribution is -2.37. The van der Waals surface area contributed by atoms with Gasteiger partial charge in [-0.1, -0.05) is 6.07 Å². The molecule has 3 aromatic rings. The first-order valence-corrected chi connectivity index (χ1v) is 9.65. The Labute approximate surface area is 168 Å². The summed E-state index contributed by atoms with van der Waals surface area (Å²) >= 11 is 0. The van der Waals surface area contributed by atoms with Crippen LogP contribution in [0, 0.1) is 0 Å². The van der Waals surface area contributed by atoms with Crippen molar-refractivity contribution in [3.05, 3.63) is 53.4 Å². The molecule has 0 radical (unpaired) electrons. The number of hydrogen-bond donors (Lipinski definition) is 1. The van der Waals surface area contributed by atoms with Gasteiger partial charge in [-0.3, -0.25) is 4.79 Å². The van der Waals surface area contributed by atoms with Crippen LogP contribution in [0.4, 0.5) is 0 Å². The molecular weight excluding hydrogens is 372 g/mol. The average Bonchev–Trinajstić information content (AvgIpc) is 3.38. The summed E-state index contributed by atoms with van der Waals surface area (Å²) in [6.07, 6.45) is 2.25. The lowest BCUT2D eigenvalue weighted by Gasteiger charge is -2.22. The quantitative estimate of drug-likeness (QED) is 0.689. The number of oxazole rings is 1. The Morgan fingerprint density at radius 1 is 1.21 bits per heavy atom. The fourth-order valence-corrected chi connectivity index (χ4v) is 3.80. The number of rotatable bonds is 6. The van der Waals surface area contributed by atoms with Crippen LogP contribution in [0.3, 0.4) is 0 Å². The van der Waals surface area contributed by atoms with E-state index < -0.39 is 0 Å². The van der Waals surface area contributed by atoms with E-state index in [1.165, 1.54) is 0 Å². The molecule has 1 atom stereocenters. The second-order valence-corrected chi connectivity index (χ2v) is 7.13. The van der Waals surface area contributed by atoms with Gasteiger partial charge in [0, 0.05) is 18.5 Å². The van der Waals surface area contributed by atoms with Gasteiger partial charge >= 0.3 is 0 Å². The van der Waals surface area contributed by atoms with Gasteiger partial charge in [0.2, 0.25) is 0 Å². The Kier molecular flexibility index (Phi) is 5.40. The minimum absolute atomic E-state index is 0.00817. The van der Waals surface area contributed by atoms with Crippen LogP contribution in [-0.4, -0.2) is 54.3 Å². The summed E-state index contributed by atoms with van der Waals surface area (Å²) in [6, 6.07) is 10.9. The van der Waals surface area contributed by atoms with Crippen LogP contribution in [0.2, 0.25) is 0 Å². The van der Waals surface area contributed by atoms with E-state index in [2.05, 4.69) is 4.98 Å². The summed E-state index contributed by atoms with van der Waals surface area (Å²) in [6.45, 7) is 0.662. The highest BCUT2D eigenvalue weighted by atomic mass is 16.5. The van der Waals surface area contributed by atoms with Crippen molar-refractivity contribution in [2.45, 2.75) is 25.3 Å². The summed E-state index contributed by atoms with van der Waals surface area (Å²) in [5.41, 5.74) is 2.81. The molecule has 0 bridgehead atoms. The van der Waals surface area contributed by atoms with Crippen LogP contribution in [0.25, 0.3) is 11.1 Å². The third-order valence-electron chi connectivity index (χ3n) is 5.33. The molecule has 1 saturated heterocycles. The van der Waals surface area contributed by atoms with Crippen LogP contribution < -0.4 is 9.47 Å². The van der Waals surface area contributed by atoms with Gasteiger partial charge in [-0.15, -0.1) is 0 Å². The highest BCUT2D eigenvalue weighted by molar-refractivity contribution is 5.97. The van der Waals surface area contributed by atoms with Crippen molar-refractivity contribution in [2.24, 2.45) is 0 Å². The third kappa shape index (κ3) is 3.78. The van der Waals surface area contributed by atoms with Crippen molar-refractivity contribution in [3.63, 3.8) is 0 Å². The zero-order valence-corrected chi connectivity index (χ0v) is 16.6. The number of ether oxygens (including phenoxy) is 2. The largest absolute Gasteiger partial charge is 0.493 e. The van der Waals surface area contributed by atoms with Crippen molar-refractivity contribution in [1.82, 2.24) is 9.88 Å². The van der Waals surface area contributed by atoms with Crippen LogP contribution in [0.5, 0.6) is 11.5 Å². The number of carbonyl (C=O) groups is 1. The van der Waals surface area contributed by atoms with Crippen molar-refractivity contribution < 1.29 is 23.8 Å². The van der Waals surface area contributed by atoms with Gasteiger partial charge in [-0.05, 0) is 48.7 Å². The molecule has 2 aromatic carbocycles. The predicted octanol–water partition coefficient (Wildman–Crippen LogP) is 3.03. The number of hydrogen-bond acceptors (Lipinski definition) is 6. The third-order valence-corrected chi connectivity index (χ3v) is 5.33. The molecule has 1 fully saturated rings. The highest BCUT2D eigenvalue weighted by Crippen LogP contribution is 2.29. The first-order chi connectivity index (χ1) is 14.1. The van der Waals surface area contributed by atoms with E-state index in [4.69, 9.17) is 13.9 Å². The number of likely N-dealkylation sites (tertiary alicyclic amines) is 1. The maximum Gasteiger partial charge on any atom is 0.254 e. The number of aliphatic hydroxyl groups is 1. The van der Waals surface area contributed by atoms with Gasteiger partial charge < -0.3 is 23.9 Å². The summed E-state index contributed by atoms with van der Waals surface area (Å²) < 4.78 is 16.5. The minimum Gasteiger partial charge on any atom is -0.493 e. The second-order valence-electron chi connectivity index (χ2n) is 7.13. The molecule has 29 heavy (non-hydrogen) atoms. The van der Waals surface area contributed by atoms with E-state index >= 15 is 0 Å². The lowest BCUT2D eigenvalue weighted by atomic mass is 10.1. The smallest absolute Gasteiger partial charge is 0.254 e. The summed E-state index contributed by atoms with van der Waals surface area (Å²) in [4.78, 5) is 19.1. The van der Waals surface area contributed by atoms with E-state index in [0.29, 0.717) is 47.0 Å². The zero-order valence-electron chi connectivity index (χ0n) is 16.6. The van der Waals surface area contributed by atoms with E-state index in [-0.39, 0.29) is 18.6 Å². The van der Waals surface area contributed by atoms with Gasteiger partial charge in [0.05, 0.1) is 26.9 Å². The van der Waals surface area contributed by atoms with E-state index in [1.54, 1.807) is 37.3 Å².